The third-order valence-corrected chi connectivity index (χ3v) is 1.91. The molecule has 0 unspecified atom stereocenters. The number of nitrogens with zero attached hydrogens (tertiary/aromatic N) is 1. The molecular formula is C7H6BrNO2. The second-order valence-corrected chi connectivity index (χ2v) is 2.89. The molecule has 11 heavy (non-hydrogen) atoms. The summed E-state index contributed by atoms with van der Waals surface area (Å²) in [6, 6.07) is 1.68. The van der Waals surface area contributed by atoms with Crippen LogP contribution >= 0.6 is 15.9 Å². The van der Waals surface area contributed by atoms with Gasteiger partial charge in [0.1, 0.15) is 0 Å². The molecule has 58 valence electrons. The molecule has 1 aromatic rings. The third-order valence-electron chi connectivity index (χ3n) is 1.20. The van der Waals surface area contributed by atoms with Crippen molar-refractivity contribution in [2.24, 2.45) is 0 Å². The minimum Gasteiger partial charge on any atom is -0.481 e. The fraction of sp³-hybridized carbons (Fsp3) is 0.143. The molecule has 3 nitrogen and oxygen atoms in total. The number of hydrogen-bond acceptors (Lipinski definition) is 2. The Morgan fingerprint density at radius 1 is 1.73 bits per heavy atom. The molecule has 0 fully saturated rings. The second kappa shape index (κ2) is 3.48. The van der Waals surface area contributed by atoms with E-state index in [2.05, 4.69) is 20.9 Å². The number of halogens is 1. The Morgan fingerprint density at radius 3 is 3.00 bits per heavy atom. The second-order valence-electron chi connectivity index (χ2n) is 2.04. The number of carbonyl (C=O) groups is 1. The first kappa shape index (κ1) is 8.20. The molecule has 0 saturated carbocycles. The van der Waals surface area contributed by atoms with E-state index in [1.807, 2.05) is 0 Å². The molecule has 0 aliphatic rings. The van der Waals surface area contributed by atoms with Crippen molar-refractivity contribution in [1.82, 2.24) is 4.98 Å². The van der Waals surface area contributed by atoms with Crippen LogP contribution in [0.4, 0.5) is 0 Å². The van der Waals surface area contributed by atoms with Crippen LogP contribution in [0.5, 0.6) is 0 Å². The van der Waals surface area contributed by atoms with Crippen molar-refractivity contribution in [2.45, 2.75) is 6.42 Å². The lowest BCUT2D eigenvalue weighted by molar-refractivity contribution is -0.136. The SMILES string of the molecule is O=C(O)Cc1ccncc1Br. The highest BCUT2D eigenvalue weighted by atomic mass is 79.9. The van der Waals surface area contributed by atoms with Gasteiger partial charge < -0.3 is 5.11 Å². The van der Waals surface area contributed by atoms with Crippen molar-refractivity contribution in [3.05, 3.63) is 28.5 Å². The number of hydrogen-bond donors (Lipinski definition) is 1. The van der Waals surface area contributed by atoms with Crippen molar-refractivity contribution < 1.29 is 9.90 Å². The molecule has 1 N–H and O–H groups in total. The summed E-state index contributed by atoms with van der Waals surface area (Å²) in [5, 5.41) is 8.45. The molecule has 0 saturated heterocycles. The van der Waals surface area contributed by atoms with Crippen LogP contribution in [0.3, 0.4) is 0 Å². The first-order valence-electron chi connectivity index (χ1n) is 3.00. The van der Waals surface area contributed by atoms with Gasteiger partial charge in [0.25, 0.3) is 0 Å². The van der Waals surface area contributed by atoms with Crippen molar-refractivity contribution in [2.75, 3.05) is 0 Å². The van der Waals surface area contributed by atoms with Gasteiger partial charge in [-0.2, -0.15) is 0 Å². The quantitative estimate of drug-likeness (QED) is 0.814. The molecular weight excluding hydrogens is 210 g/mol. The van der Waals surface area contributed by atoms with Crippen LogP contribution in [-0.4, -0.2) is 16.1 Å². The maximum absolute atomic E-state index is 10.3. The summed E-state index contributed by atoms with van der Waals surface area (Å²) in [6.07, 6.45) is 3.18. The van der Waals surface area contributed by atoms with E-state index in [0.717, 1.165) is 10.0 Å². The highest BCUT2D eigenvalue weighted by Gasteiger charge is 2.03. The van der Waals surface area contributed by atoms with E-state index in [-0.39, 0.29) is 6.42 Å². The standard InChI is InChI=1S/C7H6BrNO2/c8-6-4-9-2-1-5(6)3-7(10)11/h1-2,4H,3H2,(H,10,11). The summed E-state index contributed by atoms with van der Waals surface area (Å²) in [4.78, 5) is 14.1. The van der Waals surface area contributed by atoms with Crippen LogP contribution in [0.2, 0.25) is 0 Å². The van der Waals surface area contributed by atoms with E-state index in [1.165, 1.54) is 0 Å². The molecule has 4 heteroatoms. The van der Waals surface area contributed by atoms with Crippen LogP contribution in [0.15, 0.2) is 22.9 Å². The van der Waals surface area contributed by atoms with E-state index >= 15 is 0 Å². The van der Waals surface area contributed by atoms with E-state index in [1.54, 1.807) is 18.5 Å². The zero-order valence-electron chi connectivity index (χ0n) is 5.62. The molecule has 0 amide bonds. The molecule has 0 spiro atoms. The number of pyridine rings is 1. The molecule has 0 aliphatic heterocycles. The van der Waals surface area contributed by atoms with Gasteiger partial charge in [0.15, 0.2) is 0 Å². The summed E-state index contributed by atoms with van der Waals surface area (Å²) in [6.45, 7) is 0. The maximum Gasteiger partial charge on any atom is 0.307 e. The zero-order valence-corrected chi connectivity index (χ0v) is 7.21. The van der Waals surface area contributed by atoms with Crippen LogP contribution in [0.25, 0.3) is 0 Å². The highest BCUT2D eigenvalue weighted by Crippen LogP contribution is 2.14. The highest BCUT2D eigenvalue weighted by molar-refractivity contribution is 9.10. The zero-order chi connectivity index (χ0) is 8.27. The Bertz CT molecular complexity index is 275. The van der Waals surface area contributed by atoms with Gasteiger partial charge in [-0.05, 0) is 27.6 Å². The number of carboxylic acid groups (broad SMARTS) is 1. The van der Waals surface area contributed by atoms with E-state index in [4.69, 9.17) is 5.11 Å². The summed E-state index contributed by atoms with van der Waals surface area (Å²) in [5.74, 6) is -0.836. The third kappa shape index (κ3) is 2.31. The van der Waals surface area contributed by atoms with Crippen LogP contribution in [-0.2, 0) is 11.2 Å². The van der Waals surface area contributed by atoms with Crippen molar-refractivity contribution in [3.8, 4) is 0 Å². The van der Waals surface area contributed by atoms with E-state index < -0.39 is 5.97 Å². The fourth-order valence-corrected chi connectivity index (χ4v) is 1.10. The minimum atomic E-state index is -0.836. The summed E-state index contributed by atoms with van der Waals surface area (Å²) in [5.41, 5.74) is 0.743. The van der Waals surface area contributed by atoms with Gasteiger partial charge >= 0.3 is 5.97 Å². The Morgan fingerprint density at radius 2 is 2.45 bits per heavy atom. The van der Waals surface area contributed by atoms with Crippen molar-refractivity contribution in [1.29, 1.82) is 0 Å². The Labute approximate surface area is 72.2 Å². The summed E-state index contributed by atoms with van der Waals surface area (Å²) in [7, 11) is 0. The molecule has 0 aliphatic carbocycles. The molecule has 1 aromatic heterocycles. The van der Waals surface area contributed by atoms with Crippen molar-refractivity contribution in [3.63, 3.8) is 0 Å². The summed E-state index contributed by atoms with van der Waals surface area (Å²) < 4.78 is 0.738. The Kier molecular flexibility index (Phi) is 2.59. The fourth-order valence-electron chi connectivity index (χ4n) is 0.710. The first-order valence-corrected chi connectivity index (χ1v) is 3.79. The number of carboxylic acids is 1. The lowest BCUT2D eigenvalue weighted by atomic mass is 10.2. The van der Waals surface area contributed by atoms with Gasteiger partial charge in [-0.1, -0.05) is 0 Å². The maximum atomic E-state index is 10.3. The van der Waals surface area contributed by atoms with E-state index in [0.29, 0.717) is 0 Å². The topological polar surface area (TPSA) is 50.2 Å². The average molecular weight is 216 g/mol. The normalized spacial score (nSPS) is 9.55. The lowest BCUT2D eigenvalue weighted by Gasteiger charge is -1.97. The predicted octanol–water partition coefficient (Wildman–Crippen LogP) is 1.47. The van der Waals surface area contributed by atoms with Gasteiger partial charge in [0, 0.05) is 16.9 Å². The largest absolute Gasteiger partial charge is 0.481 e. The van der Waals surface area contributed by atoms with Crippen LogP contribution in [0, 0.1) is 0 Å². The summed E-state index contributed by atoms with van der Waals surface area (Å²) >= 11 is 3.20. The van der Waals surface area contributed by atoms with Gasteiger partial charge in [-0.3, -0.25) is 9.78 Å². The molecule has 1 rings (SSSR count). The van der Waals surface area contributed by atoms with E-state index in [9.17, 15) is 4.79 Å². The number of aromatic nitrogens is 1. The molecule has 1 heterocycles. The number of rotatable bonds is 2. The van der Waals surface area contributed by atoms with Gasteiger partial charge in [-0.25, -0.2) is 0 Å². The molecule has 0 atom stereocenters. The first-order chi connectivity index (χ1) is 5.20. The van der Waals surface area contributed by atoms with Crippen LogP contribution < -0.4 is 0 Å². The molecule has 0 radical (unpaired) electrons. The molecule has 0 bridgehead atoms. The van der Waals surface area contributed by atoms with Gasteiger partial charge in [0.05, 0.1) is 6.42 Å². The van der Waals surface area contributed by atoms with Crippen LogP contribution in [0.1, 0.15) is 5.56 Å². The van der Waals surface area contributed by atoms with Gasteiger partial charge in [-0.15, -0.1) is 0 Å². The number of aliphatic carboxylic acids is 1. The molecule has 0 aromatic carbocycles. The minimum absolute atomic E-state index is 0.0309. The lowest BCUT2D eigenvalue weighted by Crippen LogP contribution is -2.00. The average Bonchev–Trinajstić information content (AvgIpc) is 1.93. The smallest absolute Gasteiger partial charge is 0.307 e. The van der Waals surface area contributed by atoms with Gasteiger partial charge in [0.2, 0.25) is 0 Å². The predicted molar refractivity (Wildman–Crippen MR) is 43.3 cm³/mol. The monoisotopic (exact) mass is 215 g/mol. The Hall–Kier alpha value is -0.900. The van der Waals surface area contributed by atoms with Crippen molar-refractivity contribution >= 4 is 21.9 Å². The Balaban J connectivity index is 2.86.